The molecule has 2 nitrogen and oxygen atoms in total. The fraction of sp³-hybridized carbons (Fsp3) is 0.462. The van der Waals surface area contributed by atoms with Gasteiger partial charge in [-0.2, -0.15) is 5.26 Å². The van der Waals surface area contributed by atoms with Gasteiger partial charge in [0, 0.05) is 16.3 Å². The highest BCUT2D eigenvalue weighted by Gasteiger charge is 2.43. The molecule has 1 saturated carbocycles. The van der Waals surface area contributed by atoms with Crippen LogP contribution in [0.4, 0.5) is 0 Å². The monoisotopic (exact) mass is 279 g/mol. The predicted molar refractivity (Wildman–Crippen MR) is 66.3 cm³/mol. The van der Waals surface area contributed by atoms with Crippen molar-refractivity contribution >= 4 is 15.9 Å². The van der Waals surface area contributed by atoms with Gasteiger partial charge < -0.3 is 4.74 Å². The van der Waals surface area contributed by atoms with Crippen LogP contribution in [0.15, 0.2) is 22.7 Å². The average Bonchev–Trinajstić information content (AvgIpc) is 2.98. The smallest absolute Gasteiger partial charge is 0.122 e. The molecule has 16 heavy (non-hydrogen) atoms. The number of benzene rings is 1. The quantitative estimate of drug-likeness (QED) is 0.839. The second kappa shape index (κ2) is 4.47. The van der Waals surface area contributed by atoms with E-state index in [1.807, 2.05) is 25.1 Å². The van der Waals surface area contributed by atoms with E-state index in [0.29, 0.717) is 13.0 Å². The fourth-order valence-corrected chi connectivity index (χ4v) is 2.20. The number of halogens is 1. The summed E-state index contributed by atoms with van der Waals surface area (Å²) in [6.45, 7) is 2.70. The minimum atomic E-state index is 0.147. The lowest BCUT2D eigenvalue weighted by atomic mass is 10.1. The average molecular weight is 280 g/mol. The van der Waals surface area contributed by atoms with E-state index in [2.05, 4.69) is 22.0 Å². The minimum Gasteiger partial charge on any atom is -0.493 e. The number of nitrogens with zero attached hydrogens (tertiary/aromatic N) is 1. The summed E-state index contributed by atoms with van der Waals surface area (Å²) in [5, 5.41) is 8.72. The van der Waals surface area contributed by atoms with E-state index < -0.39 is 0 Å². The molecule has 0 radical (unpaired) electrons. The third kappa shape index (κ3) is 2.56. The van der Waals surface area contributed by atoms with Gasteiger partial charge >= 0.3 is 0 Å². The van der Waals surface area contributed by atoms with Gasteiger partial charge in [-0.1, -0.05) is 15.9 Å². The van der Waals surface area contributed by atoms with Crippen molar-refractivity contribution < 1.29 is 4.74 Å². The molecule has 0 atom stereocenters. The van der Waals surface area contributed by atoms with Crippen molar-refractivity contribution in [3.63, 3.8) is 0 Å². The summed E-state index contributed by atoms with van der Waals surface area (Å²) in [7, 11) is 0. The van der Waals surface area contributed by atoms with Crippen LogP contribution in [0.25, 0.3) is 0 Å². The van der Waals surface area contributed by atoms with Crippen LogP contribution >= 0.6 is 15.9 Å². The number of ether oxygens (including phenoxy) is 1. The molecule has 2 rings (SSSR count). The van der Waals surface area contributed by atoms with Crippen molar-refractivity contribution in [2.45, 2.75) is 26.2 Å². The van der Waals surface area contributed by atoms with E-state index in [4.69, 9.17) is 10.00 Å². The normalized spacial score (nSPS) is 16.6. The molecule has 84 valence electrons. The lowest BCUT2D eigenvalue weighted by Crippen LogP contribution is -2.12. The Morgan fingerprint density at radius 2 is 2.25 bits per heavy atom. The molecule has 0 aliphatic heterocycles. The van der Waals surface area contributed by atoms with E-state index >= 15 is 0 Å². The van der Waals surface area contributed by atoms with E-state index in [9.17, 15) is 0 Å². The first-order chi connectivity index (χ1) is 7.65. The fourth-order valence-electron chi connectivity index (χ4n) is 1.72. The Kier molecular flexibility index (Phi) is 3.20. The molecule has 0 amide bonds. The third-order valence-electron chi connectivity index (χ3n) is 3.08. The molecule has 3 heteroatoms. The van der Waals surface area contributed by atoms with Crippen LogP contribution in [-0.4, -0.2) is 6.61 Å². The molecule has 1 aromatic carbocycles. The maximum atomic E-state index is 8.72. The van der Waals surface area contributed by atoms with E-state index in [1.165, 1.54) is 0 Å². The highest BCUT2D eigenvalue weighted by molar-refractivity contribution is 9.10. The molecular weight excluding hydrogens is 266 g/mol. The topological polar surface area (TPSA) is 33.0 Å². The molecule has 0 saturated heterocycles. The maximum Gasteiger partial charge on any atom is 0.122 e. The van der Waals surface area contributed by atoms with Crippen LogP contribution in [0, 0.1) is 23.7 Å². The molecule has 0 aromatic heterocycles. The van der Waals surface area contributed by atoms with Crippen molar-refractivity contribution in [1.29, 1.82) is 5.26 Å². The van der Waals surface area contributed by atoms with Crippen molar-refractivity contribution in [3.05, 3.63) is 28.2 Å². The molecule has 1 aliphatic rings. The number of aryl methyl sites for hydroxylation is 1. The first-order valence-corrected chi connectivity index (χ1v) is 6.20. The molecule has 0 bridgehead atoms. The van der Waals surface area contributed by atoms with E-state index in [1.54, 1.807) is 0 Å². The summed E-state index contributed by atoms with van der Waals surface area (Å²) in [6.07, 6.45) is 2.86. The Morgan fingerprint density at radius 1 is 1.50 bits per heavy atom. The van der Waals surface area contributed by atoms with Gasteiger partial charge in [-0.15, -0.1) is 0 Å². The van der Waals surface area contributed by atoms with Gasteiger partial charge in [-0.05, 0) is 43.5 Å². The summed E-state index contributed by atoms with van der Waals surface area (Å²) >= 11 is 3.43. The Labute approximate surface area is 104 Å². The predicted octanol–water partition coefficient (Wildman–Crippen LogP) is 3.83. The Balaban J connectivity index is 1.98. The molecule has 0 heterocycles. The lowest BCUT2D eigenvalue weighted by molar-refractivity contribution is 0.235. The second-order valence-corrected chi connectivity index (χ2v) is 5.45. The van der Waals surface area contributed by atoms with Crippen LogP contribution < -0.4 is 4.74 Å². The number of nitriles is 1. The van der Waals surface area contributed by atoms with Crippen molar-refractivity contribution in [3.8, 4) is 11.8 Å². The van der Waals surface area contributed by atoms with Crippen molar-refractivity contribution in [1.82, 2.24) is 0 Å². The van der Waals surface area contributed by atoms with Gasteiger partial charge in [0.2, 0.25) is 0 Å². The number of hydrogen-bond donors (Lipinski definition) is 0. The molecule has 0 N–H and O–H groups in total. The van der Waals surface area contributed by atoms with Gasteiger partial charge in [0.05, 0.1) is 12.7 Å². The van der Waals surface area contributed by atoms with Gasteiger partial charge in [0.1, 0.15) is 5.75 Å². The summed E-state index contributed by atoms with van der Waals surface area (Å²) in [4.78, 5) is 0. The second-order valence-electron chi connectivity index (χ2n) is 4.53. The highest BCUT2D eigenvalue weighted by Crippen LogP contribution is 2.48. The van der Waals surface area contributed by atoms with Crippen molar-refractivity contribution in [2.24, 2.45) is 5.41 Å². The molecule has 0 spiro atoms. The Morgan fingerprint density at radius 3 is 2.81 bits per heavy atom. The van der Waals surface area contributed by atoms with Crippen LogP contribution in [0.1, 0.15) is 24.8 Å². The SMILES string of the molecule is Cc1cc(Br)ccc1OCC1(CC#N)CC1. The van der Waals surface area contributed by atoms with Gasteiger partial charge in [-0.25, -0.2) is 0 Å². The minimum absolute atomic E-state index is 0.147. The third-order valence-corrected chi connectivity index (χ3v) is 3.58. The van der Waals surface area contributed by atoms with Gasteiger partial charge in [0.15, 0.2) is 0 Å². The molecular formula is C13H14BrNO. The Hall–Kier alpha value is -1.01. The van der Waals surface area contributed by atoms with Crippen LogP contribution in [0.2, 0.25) is 0 Å². The molecule has 0 unspecified atom stereocenters. The van der Waals surface area contributed by atoms with Gasteiger partial charge in [-0.3, -0.25) is 0 Å². The molecule has 1 aliphatic carbocycles. The largest absolute Gasteiger partial charge is 0.493 e. The maximum absolute atomic E-state index is 8.72. The van der Waals surface area contributed by atoms with Crippen molar-refractivity contribution in [2.75, 3.05) is 6.61 Å². The summed E-state index contributed by atoms with van der Waals surface area (Å²) in [6, 6.07) is 8.24. The molecule has 1 aromatic rings. The highest BCUT2D eigenvalue weighted by atomic mass is 79.9. The Bertz CT molecular complexity index is 432. The summed E-state index contributed by atoms with van der Waals surface area (Å²) < 4.78 is 6.86. The number of hydrogen-bond acceptors (Lipinski definition) is 2. The summed E-state index contributed by atoms with van der Waals surface area (Å²) in [5.74, 6) is 0.924. The van der Waals surface area contributed by atoms with Crippen LogP contribution in [0.5, 0.6) is 5.75 Å². The standard InChI is InChI=1S/C13H14BrNO/c1-10-8-11(14)2-3-12(10)16-9-13(4-5-13)6-7-15/h2-3,8H,4-6,9H2,1H3. The zero-order chi connectivity index (χ0) is 11.6. The van der Waals surface area contributed by atoms with E-state index in [0.717, 1.165) is 28.6 Å². The van der Waals surface area contributed by atoms with E-state index in [-0.39, 0.29) is 5.41 Å². The molecule has 1 fully saturated rings. The zero-order valence-electron chi connectivity index (χ0n) is 9.29. The van der Waals surface area contributed by atoms with Crippen LogP contribution in [0.3, 0.4) is 0 Å². The first-order valence-electron chi connectivity index (χ1n) is 5.41. The number of rotatable bonds is 4. The van der Waals surface area contributed by atoms with Gasteiger partial charge in [0.25, 0.3) is 0 Å². The van der Waals surface area contributed by atoms with Crippen LogP contribution in [-0.2, 0) is 0 Å². The first kappa shape index (κ1) is 11.5. The summed E-state index contributed by atoms with van der Waals surface area (Å²) in [5.41, 5.74) is 1.27. The zero-order valence-corrected chi connectivity index (χ0v) is 10.9. The lowest BCUT2D eigenvalue weighted by Gasteiger charge is -2.14.